The first-order valence-electron chi connectivity index (χ1n) is 14.5. The van der Waals surface area contributed by atoms with Gasteiger partial charge in [-0.1, -0.05) is 29.5 Å². The van der Waals surface area contributed by atoms with E-state index in [4.69, 9.17) is 5.73 Å². The van der Waals surface area contributed by atoms with Crippen LogP contribution in [-0.2, 0) is 17.9 Å². The number of carboxylic acids is 1. The third-order valence-electron chi connectivity index (χ3n) is 9.62. The first-order valence-corrected chi connectivity index (χ1v) is 14.5. The summed E-state index contributed by atoms with van der Waals surface area (Å²) in [5, 5.41) is 26.3. The smallest absolute Gasteiger partial charge is 0.309 e. The number of rotatable bonds is 10. The normalized spacial score (nSPS) is 21.7. The summed E-state index contributed by atoms with van der Waals surface area (Å²) in [5.74, 6) is -1.66. The van der Waals surface area contributed by atoms with Crippen LogP contribution in [0.15, 0.2) is 46.1 Å². The van der Waals surface area contributed by atoms with E-state index in [0.717, 1.165) is 30.4 Å². The lowest BCUT2D eigenvalue weighted by atomic mass is 9.52. The minimum atomic E-state index is -0.729. The summed E-state index contributed by atoms with van der Waals surface area (Å²) in [6.45, 7) is 2.38. The number of hydrogen-bond acceptors (Lipinski definition) is 10. The molecule has 2 heterocycles. The lowest BCUT2D eigenvalue weighted by Crippen LogP contribution is -2.54. The summed E-state index contributed by atoms with van der Waals surface area (Å²) in [6.07, 6.45) is 5.34. The van der Waals surface area contributed by atoms with Gasteiger partial charge in [0, 0.05) is 25.2 Å². The zero-order valence-corrected chi connectivity index (χ0v) is 24.1. The van der Waals surface area contributed by atoms with Gasteiger partial charge in [-0.05, 0) is 62.0 Å². The molecule has 3 saturated carbocycles. The fourth-order valence-corrected chi connectivity index (χ4v) is 6.61. The van der Waals surface area contributed by atoms with Gasteiger partial charge in [0.25, 0.3) is 22.7 Å². The number of nitrogens with two attached hydrogens (primary N) is 1. The largest absolute Gasteiger partial charge is 0.481 e. The molecular weight excluding hydrogens is 568 g/mol. The maximum Gasteiger partial charge on any atom is 0.309 e. The molecule has 0 saturated heterocycles. The average Bonchev–Trinajstić information content (AvgIpc) is 3.53. The molecule has 2 amide bonds. The van der Waals surface area contributed by atoms with Gasteiger partial charge in [0.15, 0.2) is 5.65 Å². The number of nitrogens with zero attached hydrogens (tertiary/aromatic N) is 4. The molecule has 0 aliphatic heterocycles. The van der Waals surface area contributed by atoms with Crippen molar-refractivity contribution in [3.63, 3.8) is 0 Å². The quantitative estimate of drug-likeness (QED) is 0.164. The molecule has 3 aliphatic rings. The number of amides is 2. The molecule has 3 fully saturated rings. The fourth-order valence-electron chi connectivity index (χ4n) is 6.61. The number of carbonyl (C=O) groups excluding carboxylic acids is 2. The predicted octanol–water partition coefficient (Wildman–Crippen LogP) is 1.39. The molecule has 7 rings (SSSR count). The number of nitrogens with one attached hydrogen (secondary N) is 3. The standard InChI is InChI=1S/C30H32N8O6/c1-16(29-5-8-30(9-6-29,10-7-29)28(43)44)35-27(42)20-12-19(36-21-15-34-37-38(20)21)26(41)33-14-18-4-2-3-17(11-18)13-32-23-22(31)24(39)25(23)40/h2-4,11-12,15-16,32H,5-10,13-14,31H2,1H3,(H,33,41)(H,35,42)(H,43,44). The van der Waals surface area contributed by atoms with Crippen LogP contribution < -0.4 is 32.5 Å². The summed E-state index contributed by atoms with van der Waals surface area (Å²) < 4.78 is 1.28. The highest BCUT2D eigenvalue weighted by molar-refractivity contribution is 5.98. The van der Waals surface area contributed by atoms with Crippen LogP contribution in [0.1, 0.15) is 77.6 Å². The molecule has 4 aromatic rings. The Bertz CT molecular complexity index is 1850. The second-order valence-corrected chi connectivity index (χ2v) is 12.0. The van der Waals surface area contributed by atoms with Gasteiger partial charge < -0.3 is 26.8 Å². The summed E-state index contributed by atoms with van der Waals surface area (Å²) in [6, 6.07) is 8.45. The van der Waals surface area contributed by atoms with Gasteiger partial charge in [-0.15, -0.1) is 5.10 Å². The molecule has 3 aliphatic carbocycles. The van der Waals surface area contributed by atoms with E-state index in [9.17, 15) is 29.1 Å². The number of aliphatic carboxylic acids is 1. The van der Waals surface area contributed by atoms with E-state index >= 15 is 0 Å². The number of aromatic nitrogens is 4. The molecule has 228 valence electrons. The number of nitrogen functional groups attached to an aromatic ring is 1. The topological polar surface area (TPSA) is 211 Å². The fraction of sp³-hybridized carbons (Fsp3) is 0.400. The van der Waals surface area contributed by atoms with E-state index in [1.807, 2.05) is 25.1 Å². The molecule has 44 heavy (non-hydrogen) atoms. The number of benzene rings is 1. The summed E-state index contributed by atoms with van der Waals surface area (Å²) in [5.41, 5.74) is 5.40. The number of carbonyl (C=O) groups is 3. The molecular formula is C30H32N8O6. The van der Waals surface area contributed by atoms with E-state index in [1.54, 1.807) is 6.07 Å². The average molecular weight is 601 g/mol. The lowest BCUT2D eigenvalue weighted by molar-refractivity contribution is -0.159. The molecule has 6 N–H and O–H groups in total. The number of hydrogen-bond donors (Lipinski definition) is 5. The zero-order chi connectivity index (χ0) is 31.2. The summed E-state index contributed by atoms with van der Waals surface area (Å²) in [7, 11) is 0. The molecule has 2 aromatic carbocycles. The molecule has 0 radical (unpaired) electrons. The van der Waals surface area contributed by atoms with Crippen molar-refractivity contribution < 1.29 is 19.5 Å². The molecule has 1 unspecified atom stereocenters. The number of fused-ring (bicyclic) bond motifs is 4. The molecule has 2 bridgehead atoms. The molecule has 2 aromatic heterocycles. The third-order valence-corrected chi connectivity index (χ3v) is 9.62. The highest BCUT2D eigenvalue weighted by atomic mass is 16.4. The van der Waals surface area contributed by atoms with Gasteiger partial charge in [0.2, 0.25) is 0 Å². The van der Waals surface area contributed by atoms with Gasteiger partial charge in [-0.25, -0.2) is 4.98 Å². The van der Waals surface area contributed by atoms with Crippen LogP contribution >= 0.6 is 0 Å². The van der Waals surface area contributed by atoms with Crippen LogP contribution in [0.2, 0.25) is 0 Å². The van der Waals surface area contributed by atoms with Crippen molar-refractivity contribution in [2.75, 3.05) is 11.1 Å². The first kappa shape index (κ1) is 29.0. The van der Waals surface area contributed by atoms with Crippen molar-refractivity contribution in [2.24, 2.45) is 10.8 Å². The second-order valence-electron chi connectivity index (χ2n) is 12.0. The van der Waals surface area contributed by atoms with E-state index in [2.05, 4.69) is 31.2 Å². The van der Waals surface area contributed by atoms with Gasteiger partial charge in [-0.3, -0.25) is 24.0 Å². The van der Waals surface area contributed by atoms with Crippen LogP contribution in [0.3, 0.4) is 0 Å². The third kappa shape index (κ3) is 4.95. The molecule has 0 spiro atoms. The Kier molecular flexibility index (Phi) is 7.14. The zero-order valence-electron chi connectivity index (χ0n) is 24.1. The van der Waals surface area contributed by atoms with E-state index in [1.165, 1.54) is 16.8 Å². The van der Waals surface area contributed by atoms with Crippen molar-refractivity contribution in [1.82, 2.24) is 30.4 Å². The Hall–Kier alpha value is -5.14. The summed E-state index contributed by atoms with van der Waals surface area (Å²) >= 11 is 0. The molecule has 14 nitrogen and oxygen atoms in total. The van der Waals surface area contributed by atoms with Gasteiger partial charge in [0.05, 0.1) is 11.6 Å². The first-order chi connectivity index (χ1) is 21.0. The minimum absolute atomic E-state index is 0.0192. The van der Waals surface area contributed by atoms with Gasteiger partial charge in [0.1, 0.15) is 22.8 Å². The number of carboxylic acid groups (broad SMARTS) is 1. The van der Waals surface area contributed by atoms with Crippen molar-refractivity contribution >= 4 is 34.8 Å². The monoisotopic (exact) mass is 600 g/mol. The highest BCUT2D eigenvalue weighted by Gasteiger charge is 2.54. The SMILES string of the molecule is CC(NC(=O)c1cc(C(=O)NCc2cccc(CNc3c(N)c(=O)c3=O)c2)nc2cnnn12)C12CCC(C(=O)O)(CC1)CC2. The van der Waals surface area contributed by atoms with E-state index in [0.29, 0.717) is 19.3 Å². The Morgan fingerprint density at radius 3 is 2.34 bits per heavy atom. The van der Waals surface area contributed by atoms with Crippen molar-refractivity contribution in [3.05, 3.63) is 79.5 Å². The maximum atomic E-state index is 13.5. The number of anilines is 2. The van der Waals surface area contributed by atoms with E-state index in [-0.39, 0.29) is 53.0 Å². The van der Waals surface area contributed by atoms with E-state index < -0.39 is 34.1 Å². The highest BCUT2D eigenvalue weighted by Crippen LogP contribution is 2.58. The molecule has 14 heteroatoms. The van der Waals surface area contributed by atoms with Gasteiger partial charge in [-0.2, -0.15) is 4.52 Å². The van der Waals surface area contributed by atoms with Crippen LogP contribution in [0.5, 0.6) is 0 Å². The maximum absolute atomic E-state index is 13.5. The Morgan fingerprint density at radius 2 is 1.68 bits per heavy atom. The Labute approximate surface area is 250 Å². The summed E-state index contributed by atoms with van der Waals surface area (Å²) in [4.78, 5) is 65.8. The Morgan fingerprint density at radius 1 is 1.00 bits per heavy atom. The predicted molar refractivity (Wildman–Crippen MR) is 159 cm³/mol. The van der Waals surface area contributed by atoms with Crippen LogP contribution in [-0.4, -0.2) is 48.7 Å². The lowest BCUT2D eigenvalue weighted by Gasteiger charge is -2.54. The van der Waals surface area contributed by atoms with Crippen molar-refractivity contribution in [1.29, 1.82) is 0 Å². The van der Waals surface area contributed by atoms with Crippen LogP contribution in [0, 0.1) is 10.8 Å². The second kappa shape index (κ2) is 10.8. The van der Waals surface area contributed by atoms with Crippen LogP contribution in [0.25, 0.3) is 5.65 Å². The van der Waals surface area contributed by atoms with Crippen molar-refractivity contribution in [3.8, 4) is 0 Å². The van der Waals surface area contributed by atoms with Gasteiger partial charge >= 0.3 is 5.97 Å². The Balaban J connectivity index is 1.12. The van der Waals surface area contributed by atoms with Crippen molar-refractivity contribution in [2.45, 2.75) is 64.6 Å². The molecule has 1 atom stereocenters. The van der Waals surface area contributed by atoms with Crippen LogP contribution in [0.4, 0.5) is 11.4 Å². The minimum Gasteiger partial charge on any atom is -0.481 e.